The van der Waals surface area contributed by atoms with Gasteiger partial charge in [0.1, 0.15) is 0 Å². The van der Waals surface area contributed by atoms with Gasteiger partial charge in [-0.3, -0.25) is 9.78 Å². The molecule has 2 aromatic rings. The summed E-state index contributed by atoms with van der Waals surface area (Å²) >= 11 is 0. The molecular formula is C11H11N3O. The van der Waals surface area contributed by atoms with E-state index in [9.17, 15) is 4.79 Å². The number of hydrogen-bond donors (Lipinski definition) is 2. The number of carbonyl (C=O) groups is 1. The first kappa shape index (κ1) is 9.45. The Morgan fingerprint density at radius 2 is 2.40 bits per heavy atom. The highest BCUT2D eigenvalue weighted by atomic mass is 16.1. The Bertz CT molecular complexity index is 422. The monoisotopic (exact) mass is 201 g/mol. The van der Waals surface area contributed by atoms with Crippen molar-refractivity contribution < 1.29 is 4.79 Å². The van der Waals surface area contributed by atoms with Crippen LogP contribution < -0.4 is 5.32 Å². The van der Waals surface area contributed by atoms with Crippen molar-refractivity contribution in [2.24, 2.45) is 0 Å². The molecule has 0 radical (unpaired) electrons. The van der Waals surface area contributed by atoms with Crippen molar-refractivity contribution in [3.63, 3.8) is 0 Å². The molecule has 2 heterocycles. The van der Waals surface area contributed by atoms with Crippen LogP contribution in [0.5, 0.6) is 0 Å². The zero-order valence-corrected chi connectivity index (χ0v) is 8.10. The molecular weight excluding hydrogens is 190 g/mol. The van der Waals surface area contributed by atoms with Gasteiger partial charge in [0.05, 0.1) is 5.56 Å². The fourth-order valence-corrected chi connectivity index (χ4v) is 1.25. The zero-order chi connectivity index (χ0) is 10.5. The highest BCUT2D eigenvalue weighted by Gasteiger charge is 2.03. The lowest BCUT2D eigenvalue weighted by molar-refractivity contribution is 0.0950. The molecule has 2 N–H and O–H groups in total. The normalized spacial score (nSPS) is 9.87. The maximum atomic E-state index is 11.6. The van der Waals surface area contributed by atoms with E-state index in [1.807, 2.05) is 18.5 Å². The van der Waals surface area contributed by atoms with Gasteiger partial charge < -0.3 is 10.3 Å². The van der Waals surface area contributed by atoms with E-state index in [0.29, 0.717) is 12.1 Å². The summed E-state index contributed by atoms with van der Waals surface area (Å²) in [6.45, 7) is 0.525. The minimum Gasteiger partial charge on any atom is -0.367 e. The first-order chi connectivity index (χ1) is 7.36. The van der Waals surface area contributed by atoms with E-state index < -0.39 is 0 Å². The highest BCUT2D eigenvalue weighted by molar-refractivity contribution is 5.93. The van der Waals surface area contributed by atoms with Gasteiger partial charge in [-0.2, -0.15) is 0 Å². The molecule has 0 saturated heterocycles. The number of carbonyl (C=O) groups excluding carboxylic acids is 1. The van der Waals surface area contributed by atoms with Gasteiger partial charge in [-0.1, -0.05) is 0 Å². The summed E-state index contributed by atoms with van der Waals surface area (Å²) in [7, 11) is 0. The number of aromatic amines is 1. The molecule has 0 saturated carbocycles. The van der Waals surface area contributed by atoms with E-state index in [1.165, 1.54) is 0 Å². The molecule has 0 bridgehead atoms. The fourth-order valence-electron chi connectivity index (χ4n) is 1.25. The molecule has 76 valence electrons. The lowest BCUT2D eigenvalue weighted by atomic mass is 10.2. The fraction of sp³-hybridized carbons (Fsp3) is 0.0909. The molecule has 0 aliphatic carbocycles. The van der Waals surface area contributed by atoms with Crippen LogP contribution in [0.4, 0.5) is 0 Å². The van der Waals surface area contributed by atoms with Crippen molar-refractivity contribution >= 4 is 5.91 Å². The van der Waals surface area contributed by atoms with Crippen LogP contribution in [0.2, 0.25) is 0 Å². The number of nitrogens with one attached hydrogen (secondary N) is 2. The summed E-state index contributed by atoms with van der Waals surface area (Å²) in [6.07, 6.45) is 6.87. The Morgan fingerprint density at radius 1 is 1.47 bits per heavy atom. The van der Waals surface area contributed by atoms with Gasteiger partial charge >= 0.3 is 0 Å². The van der Waals surface area contributed by atoms with Crippen molar-refractivity contribution in [2.75, 3.05) is 0 Å². The SMILES string of the molecule is O=C(NCc1cc[nH]c1)c1cccnc1. The maximum absolute atomic E-state index is 11.6. The van der Waals surface area contributed by atoms with Crippen molar-refractivity contribution in [1.82, 2.24) is 15.3 Å². The largest absolute Gasteiger partial charge is 0.367 e. The number of aromatic nitrogens is 2. The second kappa shape index (κ2) is 4.41. The Kier molecular flexibility index (Phi) is 2.78. The van der Waals surface area contributed by atoms with E-state index in [4.69, 9.17) is 0 Å². The van der Waals surface area contributed by atoms with Crippen LogP contribution in [-0.4, -0.2) is 15.9 Å². The lowest BCUT2D eigenvalue weighted by Gasteiger charge is -2.02. The Labute approximate surface area is 87.4 Å². The lowest BCUT2D eigenvalue weighted by Crippen LogP contribution is -2.22. The molecule has 1 amide bonds. The molecule has 0 aliphatic heterocycles. The molecule has 0 aromatic carbocycles. The number of hydrogen-bond acceptors (Lipinski definition) is 2. The first-order valence-electron chi connectivity index (χ1n) is 4.66. The predicted molar refractivity (Wildman–Crippen MR) is 56.2 cm³/mol. The van der Waals surface area contributed by atoms with E-state index in [-0.39, 0.29) is 5.91 Å². The van der Waals surface area contributed by atoms with Crippen LogP contribution in [0, 0.1) is 0 Å². The van der Waals surface area contributed by atoms with Crippen LogP contribution in [0.1, 0.15) is 15.9 Å². The third-order valence-corrected chi connectivity index (χ3v) is 2.04. The Hall–Kier alpha value is -2.10. The van der Waals surface area contributed by atoms with E-state index in [2.05, 4.69) is 15.3 Å². The molecule has 2 aromatic heterocycles. The van der Waals surface area contributed by atoms with Gasteiger partial charge in [-0.15, -0.1) is 0 Å². The summed E-state index contributed by atoms with van der Waals surface area (Å²) in [4.78, 5) is 18.4. The minimum absolute atomic E-state index is 0.107. The van der Waals surface area contributed by atoms with Gasteiger partial charge in [0, 0.05) is 31.3 Å². The van der Waals surface area contributed by atoms with Gasteiger partial charge in [0.25, 0.3) is 5.91 Å². The highest BCUT2D eigenvalue weighted by Crippen LogP contribution is 1.98. The number of rotatable bonds is 3. The van der Waals surface area contributed by atoms with Crippen molar-refractivity contribution in [3.05, 3.63) is 54.1 Å². The predicted octanol–water partition coefficient (Wildman–Crippen LogP) is 1.34. The van der Waals surface area contributed by atoms with Crippen LogP contribution in [0.25, 0.3) is 0 Å². The minimum atomic E-state index is -0.107. The number of H-pyrrole nitrogens is 1. The van der Waals surface area contributed by atoms with Crippen LogP contribution in [0.15, 0.2) is 43.0 Å². The second-order valence-electron chi connectivity index (χ2n) is 3.14. The van der Waals surface area contributed by atoms with Gasteiger partial charge in [-0.05, 0) is 23.8 Å². The van der Waals surface area contributed by atoms with E-state index >= 15 is 0 Å². The third kappa shape index (κ3) is 2.43. The molecule has 4 heteroatoms. The first-order valence-corrected chi connectivity index (χ1v) is 4.66. The number of pyridine rings is 1. The van der Waals surface area contributed by atoms with E-state index in [1.54, 1.807) is 24.5 Å². The quantitative estimate of drug-likeness (QED) is 0.787. The molecule has 4 nitrogen and oxygen atoms in total. The van der Waals surface area contributed by atoms with Crippen molar-refractivity contribution in [3.8, 4) is 0 Å². The number of amides is 1. The topological polar surface area (TPSA) is 57.8 Å². The summed E-state index contributed by atoms with van der Waals surface area (Å²) in [6, 6.07) is 5.40. The Balaban J connectivity index is 1.94. The summed E-state index contributed by atoms with van der Waals surface area (Å²) in [5.41, 5.74) is 1.63. The van der Waals surface area contributed by atoms with Gasteiger partial charge in [0.2, 0.25) is 0 Å². The zero-order valence-electron chi connectivity index (χ0n) is 8.10. The molecule has 2 rings (SSSR count). The number of nitrogens with zero attached hydrogens (tertiary/aromatic N) is 1. The van der Waals surface area contributed by atoms with Crippen molar-refractivity contribution in [2.45, 2.75) is 6.54 Å². The third-order valence-electron chi connectivity index (χ3n) is 2.04. The van der Waals surface area contributed by atoms with Crippen LogP contribution >= 0.6 is 0 Å². The summed E-state index contributed by atoms with van der Waals surface area (Å²) in [5.74, 6) is -0.107. The maximum Gasteiger partial charge on any atom is 0.253 e. The van der Waals surface area contributed by atoms with Gasteiger partial charge in [-0.25, -0.2) is 0 Å². The molecule has 0 spiro atoms. The molecule has 0 atom stereocenters. The summed E-state index contributed by atoms with van der Waals surface area (Å²) in [5, 5.41) is 2.80. The van der Waals surface area contributed by atoms with Crippen LogP contribution in [0.3, 0.4) is 0 Å². The average molecular weight is 201 g/mol. The second-order valence-corrected chi connectivity index (χ2v) is 3.14. The molecule has 15 heavy (non-hydrogen) atoms. The molecule has 0 aliphatic rings. The standard InChI is InChI=1S/C11H11N3O/c15-11(10-2-1-4-12-8-10)14-7-9-3-5-13-6-9/h1-6,8,13H,7H2,(H,14,15). The van der Waals surface area contributed by atoms with Crippen molar-refractivity contribution in [1.29, 1.82) is 0 Å². The summed E-state index contributed by atoms with van der Waals surface area (Å²) < 4.78 is 0. The smallest absolute Gasteiger partial charge is 0.253 e. The molecule has 0 fully saturated rings. The Morgan fingerprint density at radius 3 is 3.07 bits per heavy atom. The van der Waals surface area contributed by atoms with Crippen LogP contribution in [-0.2, 0) is 6.54 Å². The van der Waals surface area contributed by atoms with Gasteiger partial charge in [0.15, 0.2) is 0 Å². The average Bonchev–Trinajstić information content (AvgIpc) is 2.80. The van der Waals surface area contributed by atoms with E-state index in [0.717, 1.165) is 5.56 Å². The molecule has 0 unspecified atom stereocenters.